The molecule has 0 fully saturated rings. The van der Waals surface area contributed by atoms with E-state index >= 15 is 0 Å². The Morgan fingerprint density at radius 2 is 1.69 bits per heavy atom. The van der Waals surface area contributed by atoms with E-state index in [9.17, 15) is 9.90 Å². The number of hydrogen-bond donors (Lipinski definition) is 5. The summed E-state index contributed by atoms with van der Waals surface area (Å²) in [4.78, 5) is 10.7. The van der Waals surface area contributed by atoms with E-state index in [1.165, 1.54) is 12.1 Å². The van der Waals surface area contributed by atoms with Gasteiger partial charge in [0.05, 0.1) is 13.2 Å². The molecule has 0 aromatic heterocycles. The summed E-state index contributed by atoms with van der Waals surface area (Å²) in [6.07, 6.45) is 0. The van der Waals surface area contributed by atoms with Crippen molar-refractivity contribution in [3.05, 3.63) is 28.8 Å². The number of nitrogens with two attached hydrogens (primary N) is 1. The van der Waals surface area contributed by atoms with Gasteiger partial charge in [0.2, 0.25) is 0 Å². The molecule has 0 saturated carbocycles. The lowest BCUT2D eigenvalue weighted by molar-refractivity contribution is -0.138. The molecule has 16 heavy (non-hydrogen) atoms. The molecule has 0 amide bonds. The molecule has 1 aromatic carbocycles. The average molecular weight is 227 g/mol. The molecule has 0 spiro atoms. The van der Waals surface area contributed by atoms with Gasteiger partial charge in [-0.15, -0.1) is 0 Å². The van der Waals surface area contributed by atoms with E-state index in [1.54, 1.807) is 0 Å². The summed E-state index contributed by atoms with van der Waals surface area (Å²) in [7, 11) is 0. The molecule has 0 aliphatic heterocycles. The van der Waals surface area contributed by atoms with Gasteiger partial charge in [0.25, 0.3) is 0 Å². The fraction of sp³-hybridized carbons (Fsp3) is 0.300. The quantitative estimate of drug-likeness (QED) is 0.470. The zero-order chi connectivity index (χ0) is 12.3. The van der Waals surface area contributed by atoms with Crippen LogP contribution in [0.25, 0.3) is 0 Å². The number of rotatable bonds is 4. The number of benzene rings is 1. The highest BCUT2D eigenvalue weighted by Gasteiger charge is 2.18. The van der Waals surface area contributed by atoms with Crippen molar-refractivity contribution in [3.8, 4) is 5.75 Å². The first-order valence-corrected chi connectivity index (χ1v) is 4.56. The third-order valence-corrected chi connectivity index (χ3v) is 2.26. The molecule has 0 heterocycles. The van der Waals surface area contributed by atoms with Crippen molar-refractivity contribution >= 4 is 5.97 Å². The van der Waals surface area contributed by atoms with Gasteiger partial charge in [0, 0.05) is 11.1 Å². The summed E-state index contributed by atoms with van der Waals surface area (Å²) in [5.41, 5.74) is 5.89. The van der Waals surface area contributed by atoms with Crippen molar-refractivity contribution in [2.75, 3.05) is 0 Å². The van der Waals surface area contributed by atoms with Gasteiger partial charge in [-0.3, -0.25) is 4.79 Å². The first kappa shape index (κ1) is 12.4. The Bertz CT molecular complexity index is 379. The summed E-state index contributed by atoms with van der Waals surface area (Å²) in [5, 5.41) is 36.2. The minimum atomic E-state index is -1.25. The highest BCUT2D eigenvalue weighted by molar-refractivity contribution is 5.75. The van der Waals surface area contributed by atoms with E-state index in [1.807, 2.05) is 0 Å². The minimum Gasteiger partial charge on any atom is -0.507 e. The second-order valence-corrected chi connectivity index (χ2v) is 3.32. The summed E-state index contributed by atoms with van der Waals surface area (Å²) in [6.45, 7) is -0.919. The molecule has 0 bridgehead atoms. The van der Waals surface area contributed by atoms with Gasteiger partial charge in [-0.2, -0.15) is 0 Å². The Hall–Kier alpha value is -1.63. The highest BCUT2D eigenvalue weighted by atomic mass is 16.4. The summed E-state index contributed by atoms with van der Waals surface area (Å²) >= 11 is 0. The molecule has 0 radical (unpaired) electrons. The third-order valence-electron chi connectivity index (χ3n) is 2.26. The van der Waals surface area contributed by atoms with E-state index in [0.29, 0.717) is 0 Å². The van der Waals surface area contributed by atoms with E-state index in [2.05, 4.69) is 0 Å². The minimum absolute atomic E-state index is 0.137. The molecule has 1 aromatic rings. The second-order valence-electron chi connectivity index (χ2n) is 3.32. The molecule has 88 valence electrons. The van der Waals surface area contributed by atoms with Crippen LogP contribution in [-0.2, 0) is 18.0 Å². The van der Waals surface area contributed by atoms with Crippen molar-refractivity contribution in [2.24, 2.45) is 5.73 Å². The number of aliphatic hydroxyl groups excluding tert-OH is 2. The van der Waals surface area contributed by atoms with E-state index in [-0.39, 0.29) is 22.4 Å². The van der Waals surface area contributed by atoms with Gasteiger partial charge in [-0.1, -0.05) is 0 Å². The summed E-state index contributed by atoms with van der Waals surface area (Å²) in [5.74, 6) is -1.47. The van der Waals surface area contributed by atoms with Crippen molar-refractivity contribution < 1.29 is 25.2 Å². The maximum absolute atomic E-state index is 10.7. The third kappa shape index (κ3) is 2.30. The predicted octanol–water partition coefficient (Wildman–Crippen LogP) is -0.539. The van der Waals surface area contributed by atoms with Crippen LogP contribution in [0.2, 0.25) is 0 Å². The van der Waals surface area contributed by atoms with Crippen LogP contribution in [0.1, 0.15) is 22.7 Å². The van der Waals surface area contributed by atoms with Crippen LogP contribution < -0.4 is 5.73 Å². The zero-order valence-corrected chi connectivity index (χ0v) is 8.42. The monoisotopic (exact) mass is 227 g/mol. The second kappa shape index (κ2) is 4.93. The topological polar surface area (TPSA) is 124 Å². The van der Waals surface area contributed by atoms with Crippen molar-refractivity contribution in [3.63, 3.8) is 0 Å². The van der Waals surface area contributed by atoms with Gasteiger partial charge >= 0.3 is 5.97 Å². The fourth-order valence-electron chi connectivity index (χ4n) is 1.35. The lowest BCUT2D eigenvalue weighted by Crippen LogP contribution is -2.21. The van der Waals surface area contributed by atoms with E-state index in [4.69, 9.17) is 21.1 Å². The van der Waals surface area contributed by atoms with E-state index in [0.717, 1.165) is 0 Å². The smallest absolute Gasteiger partial charge is 0.325 e. The zero-order valence-electron chi connectivity index (χ0n) is 8.42. The van der Waals surface area contributed by atoms with Crippen molar-refractivity contribution in [2.45, 2.75) is 19.3 Å². The van der Waals surface area contributed by atoms with Crippen LogP contribution in [0.4, 0.5) is 0 Å². The molecule has 0 aliphatic rings. The lowest BCUT2D eigenvalue weighted by Gasteiger charge is -2.12. The summed E-state index contributed by atoms with van der Waals surface area (Å²) in [6, 6.07) is 1.34. The lowest BCUT2D eigenvalue weighted by atomic mass is 10.00. The normalized spacial score (nSPS) is 12.4. The predicted molar refractivity (Wildman–Crippen MR) is 54.5 cm³/mol. The molecular formula is C10H13NO5. The van der Waals surface area contributed by atoms with Gasteiger partial charge < -0.3 is 26.2 Å². The van der Waals surface area contributed by atoms with Gasteiger partial charge in [0.15, 0.2) is 0 Å². The average Bonchev–Trinajstić information content (AvgIpc) is 2.28. The number of phenols is 1. The Morgan fingerprint density at radius 1 is 1.25 bits per heavy atom. The number of carboxylic acids is 1. The molecule has 1 rings (SSSR count). The SMILES string of the molecule is NC(C(=O)O)c1cc(CO)c(O)c(CO)c1. The van der Waals surface area contributed by atoms with Crippen molar-refractivity contribution in [1.82, 2.24) is 0 Å². The van der Waals surface area contributed by atoms with Crippen LogP contribution in [0.5, 0.6) is 5.75 Å². The molecular weight excluding hydrogens is 214 g/mol. The first-order chi connectivity index (χ1) is 7.51. The molecule has 1 unspecified atom stereocenters. The number of aromatic hydroxyl groups is 1. The maximum atomic E-state index is 10.7. The largest absolute Gasteiger partial charge is 0.507 e. The Morgan fingerprint density at radius 3 is 2.00 bits per heavy atom. The molecule has 6 nitrogen and oxygen atoms in total. The van der Waals surface area contributed by atoms with Gasteiger partial charge in [-0.25, -0.2) is 0 Å². The van der Waals surface area contributed by atoms with Crippen LogP contribution in [0.15, 0.2) is 12.1 Å². The van der Waals surface area contributed by atoms with Gasteiger partial charge in [-0.05, 0) is 17.7 Å². The molecule has 0 aliphatic carbocycles. The standard InChI is InChI=1S/C10H13NO5/c11-8(10(15)16)5-1-6(3-12)9(14)7(2-5)4-13/h1-2,8,12-14H,3-4,11H2,(H,15,16). The number of carboxylic acid groups (broad SMARTS) is 1. The van der Waals surface area contributed by atoms with Crippen molar-refractivity contribution in [1.29, 1.82) is 0 Å². The number of aliphatic carboxylic acids is 1. The Balaban J connectivity index is 3.26. The molecule has 0 saturated heterocycles. The maximum Gasteiger partial charge on any atom is 0.325 e. The number of carbonyl (C=O) groups is 1. The van der Waals surface area contributed by atoms with E-state index < -0.39 is 25.2 Å². The Labute approximate surface area is 91.6 Å². The number of aliphatic hydroxyl groups is 2. The van der Waals surface area contributed by atoms with Crippen LogP contribution in [0, 0.1) is 0 Å². The van der Waals surface area contributed by atoms with Crippen LogP contribution in [-0.4, -0.2) is 26.4 Å². The van der Waals surface area contributed by atoms with Crippen LogP contribution in [0.3, 0.4) is 0 Å². The number of hydrogen-bond acceptors (Lipinski definition) is 5. The molecule has 1 atom stereocenters. The van der Waals surface area contributed by atoms with Gasteiger partial charge in [0.1, 0.15) is 11.8 Å². The first-order valence-electron chi connectivity index (χ1n) is 4.56. The Kier molecular flexibility index (Phi) is 3.83. The summed E-state index contributed by atoms with van der Waals surface area (Å²) < 4.78 is 0. The van der Waals surface area contributed by atoms with Crippen LogP contribution >= 0.6 is 0 Å². The molecule has 6 heteroatoms. The highest BCUT2D eigenvalue weighted by Crippen LogP contribution is 2.27. The molecule has 6 N–H and O–H groups in total. The fourth-order valence-corrected chi connectivity index (χ4v) is 1.35.